The van der Waals surface area contributed by atoms with Gasteiger partial charge >= 0.3 is 0 Å². The maximum absolute atomic E-state index is 13.0. The number of nitrogens with zero attached hydrogens (tertiary/aromatic N) is 1. The lowest BCUT2D eigenvalue weighted by molar-refractivity contribution is -0.130. The summed E-state index contributed by atoms with van der Waals surface area (Å²) < 4.78 is 13.0. The van der Waals surface area contributed by atoms with Crippen molar-refractivity contribution in [3.05, 3.63) is 35.6 Å². The first-order valence-electron chi connectivity index (χ1n) is 5.73. The highest BCUT2D eigenvalue weighted by molar-refractivity contribution is 5.85. The lowest BCUT2D eigenvalue weighted by Crippen LogP contribution is -2.28. The van der Waals surface area contributed by atoms with Crippen molar-refractivity contribution in [3.8, 4) is 0 Å². The van der Waals surface area contributed by atoms with Gasteiger partial charge in [-0.2, -0.15) is 0 Å². The van der Waals surface area contributed by atoms with Gasteiger partial charge in [-0.3, -0.25) is 4.79 Å². The minimum atomic E-state index is -0.279. The first-order valence-corrected chi connectivity index (χ1v) is 5.73. The third-order valence-electron chi connectivity index (χ3n) is 2.55. The second-order valence-corrected chi connectivity index (χ2v) is 4.40. The van der Waals surface area contributed by atoms with E-state index in [2.05, 4.69) is 0 Å². The van der Waals surface area contributed by atoms with Gasteiger partial charge in [0.15, 0.2) is 0 Å². The standard InChI is InChI=1S/C13H19FN2O.ClH/c1-10(15)6-7-13(17)16(2)9-11-4-3-5-12(14)8-11;/h3-5,8,10H,6-7,9,15H2,1-2H3;1H. The van der Waals surface area contributed by atoms with Crippen molar-refractivity contribution in [1.82, 2.24) is 4.90 Å². The van der Waals surface area contributed by atoms with E-state index in [-0.39, 0.29) is 30.2 Å². The molecule has 1 atom stereocenters. The van der Waals surface area contributed by atoms with Crippen LogP contribution in [-0.2, 0) is 11.3 Å². The van der Waals surface area contributed by atoms with Gasteiger partial charge in [0.1, 0.15) is 5.82 Å². The molecule has 0 bridgehead atoms. The largest absolute Gasteiger partial charge is 0.341 e. The van der Waals surface area contributed by atoms with Gasteiger partial charge in [-0.05, 0) is 31.0 Å². The number of nitrogens with two attached hydrogens (primary N) is 1. The van der Waals surface area contributed by atoms with Crippen LogP contribution in [0, 0.1) is 5.82 Å². The SMILES string of the molecule is CC(N)CCC(=O)N(C)Cc1cccc(F)c1.Cl. The third-order valence-corrected chi connectivity index (χ3v) is 2.55. The Kier molecular flexibility index (Phi) is 7.55. The Balaban J connectivity index is 0.00000289. The highest BCUT2D eigenvalue weighted by atomic mass is 35.5. The zero-order chi connectivity index (χ0) is 12.8. The fourth-order valence-electron chi connectivity index (χ4n) is 1.54. The number of hydrogen-bond donors (Lipinski definition) is 1. The summed E-state index contributed by atoms with van der Waals surface area (Å²) in [7, 11) is 1.72. The van der Waals surface area contributed by atoms with E-state index in [1.807, 2.05) is 6.92 Å². The highest BCUT2D eigenvalue weighted by Gasteiger charge is 2.10. The van der Waals surface area contributed by atoms with Crippen LogP contribution < -0.4 is 5.73 Å². The molecule has 18 heavy (non-hydrogen) atoms. The number of carbonyl (C=O) groups is 1. The van der Waals surface area contributed by atoms with E-state index >= 15 is 0 Å². The summed E-state index contributed by atoms with van der Waals surface area (Å²) in [5.74, 6) is -0.245. The van der Waals surface area contributed by atoms with E-state index in [0.717, 1.165) is 5.56 Å². The molecular formula is C13H20ClFN2O. The Morgan fingerprint density at radius 3 is 2.72 bits per heavy atom. The monoisotopic (exact) mass is 274 g/mol. The summed E-state index contributed by atoms with van der Waals surface area (Å²) in [6.07, 6.45) is 1.11. The molecule has 0 saturated heterocycles. The van der Waals surface area contributed by atoms with Crippen molar-refractivity contribution in [1.29, 1.82) is 0 Å². The number of rotatable bonds is 5. The number of benzene rings is 1. The summed E-state index contributed by atoms with van der Waals surface area (Å²) in [6, 6.07) is 6.31. The first kappa shape index (κ1) is 16.9. The molecule has 1 unspecified atom stereocenters. The van der Waals surface area contributed by atoms with Gasteiger partial charge in [-0.25, -0.2) is 4.39 Å². The van der Waals surface area contributed by atoms with E-state index in [1.54, 1.807) is 24.1 Å². The Bertz CT molecular complexity index is 385. The predicted molar refractivity (Wildman–Crippen MR) is 73.0 cm³/mol. The van der Waals surface area contributed by atoms with Crippen molar-refractivity contribution in [3.63, 3.8) is 0 Å². The van der Waals surface area contributed by atoms with Crippen LogP contribution in [0.3, 0.4) is 0 Å². The molecule has 0 aromatic heterocycles. The van der Waals surface area contributed by atoms with Crippen molar-refractivity contribution in [2.75, 3.05) is 7.05 Å². The van der Waals surface area contributed by atoms with Crippen molar-refractivity contribution in [2.45, 2.75) is 32.4 Å². The Labute approximate surface area is 114 Å². The molecular weight excluding hydrogens is 255 g/mol. The van der Waals surface area contributed by atoms with Gasteiger partial charge < -0.3 is 10.6 Å². The molecule has 0 saturated carbocycles. The van der Waals surface area contributed by atoms with Crippen LogP contribution in [0.5, 0.6) is 0 Å². The Morgan fingerprint density at radius 2 is 2.17 bits per heavy atom. The smallest absolute Gasteiger partial charge is 0.222 e. The van der Waals surface area contributed by atoms with E-state index < -0.39 is 0 Å². The third kappa shape index (κ3) is 5.98. The summed E-state index contributed by atoms with van der Waals surface area (Å²) in [6.45, 7) is 2.30. The van der Waals surface area contributed by atoms with E-state index in [9.17, 15) is 9.18 Å². The molecule has 2 N–H and O–H groups in total. The average Bonchev–Trinajstić information content (AvgIpc) is 2.25. The molecule has 1 amide bonds. The molecule has 5 heteroatoms. The Morgan fingerprint density at radius 1 is 1.50 bits per heavy atom. The van der Waals surface area contributed by atoms with E-state index in [1.165, 1.54) is 12.1 Å². The highest BCUT2D eigenvalue weighted by Crippen LogP contribution is 2.08. The molecule has 102 valence electrons. The fraction of sp³-hybridized carbons (Fsp3) is 0.462. The molecule has 0 aliphatic carbocycles. The molecule has 1 aromatic rings. The van der Waals surface area contributed by atoms with Gasteiger partial charge in [0.2, 0.25) is 5.91 Å². The van der Waals surface area contributed by atoms with Crippen molar-refractivity contribution in [2.24, 2.45) is 5.73 Å². The molecule has 0 spiro atoms. The molecule has 1 rings (SSSR count). The molecule has 0 aliphatic rings. The molecule has 1 aromatic carbocycles. The molecule has 0 aliphatic heterocycles. The topological polar surface area (TPSA) is 46.3 Å². The second kappa shape index (κ2) is 8.06. The van der Waals surface area contributed by atoms with Gasteiger partial charge in [-0.15, -0.1) is 12.4 Å². The quantitative estimate of drug-likeness (QED) is 0.896. The van der Waals surface area contributed by atoms with Crippen LogP contribution in [0.15, 0.2) is 24.3 Å². The van der Waals surface area contributed by atoms with E-state index in [4.69, 9.17) is 5.73 Å². The van der Waals surface area contributed by atoms with Gasteiger partial charge in [0.05, 0.1) is 0 Å². The van der Waals surface area contributed by atoms with Gasteiger partial charge in [-0.1, -0.05) is 12.1 Å². The van der Waals surface area contributed by atoms with Crippen LogP contribution in [0.25, 0.3) is 0 Å². The van der Waals surface area contributed by atoms with Crippen LogP contribution in [-0.4, -0.2) is 23.9 Å². The summed E-state index contributed by atoms with van der Waals surface area (Å²) in [5, 5.41) is 0. The molecule has 3 nitrogen and oxygen atoms in total. The lowest BCUT2D eigenvalue weighted by Gasteiger charge is -2.17. The maximum atomic E-state index is 13.0. The predicted octanol–water partition coefficient (Wildman–Crippen LogP) is 2.33. The normalized spacial score (nSPS) is 11.6. The summed E-state index contributed by atoms with van der Waals surface area (Å²) in [5.41, 5.74) is 6.39. The van der Waals surface area contributed by atoms with Crippen molar-refractivity contribution < 1.29 is 9.18 Å². The van der Waals surface area contributed by atoms with Gasteiger partial charge in [0.25, 0.3) is 0 Å². The Hall–Kier alpha value is -1.13. The minimum Gasteiger partial charge on any atom is -0.341 e. The maximum Gasteiger partial charge on any atom is 0.222 e. The zero-order valence-corrected chi connectivity index (χ0v) is 11.5. The summed E-state index contributed by atoms with van der Waals surface area (Å²) >= 11 is 0. The van der Waals surface area contributed by atoms with Crippen LogP contribution in [0.4, 0.5) is 4.39 Å². The number of halogens is 2. The average molecular weight is 275 g/mol. The number of hydrogen-bond acceptors (Lipinski definition) is 2. The number of amides is 1. The van der Waals surface area contributed by atoms with Crippen LogP contribution in [0.2, 0.25) is 0 Å². The molecule has 0 fully saturated rings. The minimum absolute atomic E-state index is 0. The van der Waals surface area contributed by atoms with Gasteiger partial charge in [0, 0.05) is 26.1 Å². The lowest BCUT2D eigenvalue weighted by atomic mass is 10.1. The second-order valence-electron chi connectivity index (χ2n) is 4.40. The van der Waals surface area contributed by atoms with Crippen molar-refractivity contribution >= 4 is 18.3 Å². The molecule has 0 radical (unpaired) electrons. The first-order chi connectivity index (χ1) is 7.99. The van der Waals surface area contributed by atoms with Crippen LogP contribution >= 0.6 is 12.4 Å². The van der Waals surface area contributed by atoms with Crippen LogP contribution in [0.1, 0.15) is 25.3 Å². The fourth-order valence-corrected chi connectivity index (χ4v) is 1.54. The number of carbonyl (C=O) groups excluding carboxylic acids is 1. The zero-order valence-electron chi connectivity index (χ0n) is 10.7. The molecule has 0 heterocycles. The summed E-state index contributed by atoms with van der Waals surface area (Å²) in [4.78, 5) is 13.3. The van der Waals surface area contributed by atoms with E-state index in [0.29, 0.717) is 19.4 Å².